The van der Waals surface area contributed by atoms with Gasteiger partial charge in [-0.1, -0.05) is 0 Å². The summed E-state index contributed by atoms with van der Waals surface area (Å²) in [6.07, 6.45) is 1.83. The van der Waals surface area contributed by atoms with Gasteiger partial charge in [-0.2, -0.15) is 5.26 Å². The van der Waals surface area contributed by atoms with E-state index in [9.17, 15) is 4.79 Å². The van der Waals surface area contributed by atoms with Crippen LogP contribution in [-0.4, -0.2) is 22.9 Å². The van der Waals surface area contributed by atoms with Crippen molar-refractivity contribution < 1.29 is 4.79 Å². The molecule has 1 aromatic carbocycles. The van der Waals surface area contributed by atoms with Crippen molar-refractivity contribution >= 4 is 28.6 Å². The summed E-state index contributed by atoms with van der Waals surface area (Å²) in [7, 11) is 1.77. The summed E-state index contributed by atoms with van der Waals surface area (Å²) in [5.74, 6) is 0.485. The zero-order valence-corrected chi connectivity index (χ0v) is 10.9. The van der Waals surface area contributed by atoms with Crippen LogP contribution in [0.5, 0.6) is 0 Å². The number of aromatic amines is 1. The minimum Gasteiger partial charge on any atom is -0.323 e. The molecule has 0 fully saturated rings. The number of likely N-dealkylation sites (N-methyl/N-ethyl adjacent to an activating group) is 1. The Morgan fingerprint density at radius 2 is 2.21 bits per heavy atom. The summed E-state index contributed by atoms with van der Waals surface area (Å²) >= 11 is 0. The third-order valence-electron chi connectivity index (χ3n) is 3.65. The fourth-order valence-electron chi connectivity index (χ4n) is 2.58. The maximum absolute atomic E-state index is 12.2. The number of amides is 1. The van der Waals surface area contributed by atoms with Crippen LogP contribution in [0.4, 0.5) is 11.6 Å². The van der Waals surface area contributed by atoms with E-state index in [0.717, 1.165) is 22.3 Å². The van der Waals surface area contributed by atoms with Gasteiger partial charge in [0.1, 0.15) is 0 Å². The van der Waals surface area contributed by atoms with Crippen LogP contribution in [0.3, 0.4) is 0 Å². The van der Waals surface area contributed by atoms with E-state index in [2.05, 4.69) is 15.3 Å². The molecular formula is C13H13N5O. The maximum atomic E-state index is 12.2. The van der Waals surface area contributed by atoms with Crippen LogP contribution in [0.15, 0.2) is 12.1 Å². The molecular weight excluding hydrogens is 242 g/mol. The predicted molar refractivity (Wildman–Crippen MR) is 71.8 cm³/mol. The third kappa shape index (κ3) is 1.41. The van der Waals surface area contributed by atoms with Crippen molar-refractivity contribution in [3.63, 3.8) is 0 Å². The van der Waals surface area contributed by atoms with Crippen LogP contribution in [0, 0.1) is 11.5 Å². The van der Waals surface area contributed by atoms with E-state index in [0.29, 0.717) is 5.95 Å². The summed E-state index contributed by atoms with van der Waals surface area (Å²) in [5, 5.41) is 11.1. The molecule has 2 aromatic rings. The van der Waals surface area contributed by atoms with E-state index in [4.69, 9.17) is 5.26 Å². The number of hydrogen-bond donors (Lipinski definition) is 2. The first kappa shape index (κ1) is 11.5. The van der Waals surface area contributed by atoms with Crippen LogP contribution in [0.25, 0.3) is 11.0 Å². The second kappa shape index (κ2) is 3.48. The minimum atomic E-state index is -0.542. The molecule has 3 rings (SSSR count). The molecule has 1 aliphatic rings. The fraction of sp³-hybridized carbons (Fsp3) is 0.308. The zero-order chi connectivity index (χ0) is 13.8. The smallest absolute Gasteiger partial charge is 0.236 e. The van der Waals surface area contributed by atoms with Crippen molar-refractivity contribution in [1.82, 2.24) is 9.97 Å². The Labute approximate surface area is 110 Å². The third-order valence-corrected chi connectivity index (χ3v) is 3.65. The lowest BCUT2D eigenvalue weighted by molar-refractivity contribution is -0.121. The number of benzene rings is 1. The number of imidazole rings is 1. The molecule has 0 saturated heterocycles. The lowest BCUT2D eigenvalue weighted by Crippen LogP contribution is -2.33. The second-order valence-electron chi connectivity index (χ2n) is 5.20. The van der Waals surface area contributed by atoms with Crippen molar-refractivity contribution in [2.75, 3.05) is 17.3 Å². The van der Waals surface area contributed by atoms with Crippen molar-refractivity contribution in [3.8, 4) is 6.19 Å². The van der Waals surface area contributed by atoms with Crippen LogP contribution >= 0.6 is 0 Å². The molecule has 96 valence electrons. The van der Waals surface area contributed by atoms with Gasteiger partial charge in [-0.3, -0.25) is 10.1 Å². The highest BCUT2D eigenvalue weighted by Gasteiger charge is 2.42. The summed E-state index contributed by atoms with van der Waals surface area (Å²) in [5.41, 5.74) is 2.85. The normalized spacial score (nSPS) is 16.5. The number of nitrogens with zero attached hydrogens (tertiary/aromatic N) is 3. The number of aromatic nitrogens is 2. The van der Waals surface area contributed by atoms with E-state index in [1.54, 1.807) is 11.9 Å². The van der Waals surface area contributed by atoms with Gasteiger partial charge >= 0.3 is 0 Å². The largest absolute Gasteiger partial charge is 0.323 e. The van der Waals surface area contributed by atoms with Crippen LogP contribution < -0.4 is 10.2 Å². The highest BCUT2D eigenvalue weighted by atomic mass is 16.2. The Hall–Kier alpha value is -2.55. The number of fused-ring (bicyclic) bond motifs is 2. The lowest BCUT2D eigenvalue weighted by Gasteiger charge is -2.16. The van der Waals surface area contributed by atoms with E-state index >= 15 is 0 Å². The summed E-state index contributed by atoms with van der Waals surface area (Å²) in [6.45, 7) is 3.81. The molecule has 0 atom stereocenters. The molecule has 19 heavy (non-hydrogen) atoms. The molecule has 1 aromatic heterocycles. The van der Waals surface area contributed by atoms with Crippen LogP contribution in [0.1, 0.15) is 19.4 Å². The monoisotopic (exact) mass is 255 g/mol. The van der Waals surface area contributed by atoms with E-state index in [1.165, 1.54) is 0 Å². The summed E-state index contributed by atoms with van der Waals surface area (Å²) in [4.78, 5) is 21.1. The average molecular weight is 255 g/mol. The van der Waals surface area contributed by atoms with E-state index in [1.807, 2.05) is 32.2 Å². The second-order valence-corrected chi connectivity index (χ2v) is 5.20. The number of rotatable bonds is 1. The van der Waals surface area contributed by atoms with Crippen molar-refractivity contribution in [2.24, 2.45) is 0 Å². The molecule has 2 heterocycles. The molecule has 6 heteroatoms. The highest BCUT2D eigenvalue weighted by molar-refractivity contribution is 6.09. The van der Waals surface area contributed by atoms with Gasteiger partial charge < -0.3 is 9.88 Å². The van der Waals surface area contributed by atoms with Gasteiger partial charge in [0.2, 0.25) is 11.9 Å². The van der Waals surface area contributed by atoms with Gasteiger partial charge in [-0.15, -0.1) is 0 Å². The Kier molecular flexibility index (Phi) is 2.11. The molecule has 0 aliphatic carbocycles. The highest BCUT2D eigenvalue weighted by Crippen LogP contribution is 2.42. The van der Waals surface area contributed by atoms with Gasteiger partial charge in [-0.05, 0) is 31.5 Å². The van der Waals surface area contributed by atoms with Crippen LogP contribution in [0.2, 0.25) is 0 Å². The van der Waals surface area contributed by atoms with Gasteiger partial charge in [0.05, 0.1) is 16.4 Å². The van der Waals surface area contributed by atoms with Gasteiger partial charge in [0, 0.05) is 12.7 Å². The molecule has 0 saturated carbocycles. The van der Waals surface area contributed by atoms with Gasteiger partial charge in [0.15, 0.2) is 6.19 Å². The zero-order valence-electron chi connectivity index (χ0n) is 10.9. The summed E-state index contributed by atoms with van der Waals surface area (Å²) < 4.78 is 0. The van der Waals surface area contributed by atoms with E-state index in [-0.39, 0.29) is 5.91 Å². The topological polar surface area (TPSA) is 84.8 Å². The quantitative estimate of drug-likeness (QED) is 0.600. The van der Waals surface area contributed by atoms with Crippen molar-refractivity contribution in [2.45, 2.75) is 19.3 Å². The van der Waals surface area contributed by atoms with Crippen molar-refractivity contribution in [3.05, 3.63) is 17.7 Å². The van der Waals surface area contributed by atoms with Gasteiger partial charge in [-0.25, -0.2) is 4.98 Å². The number of carbonyl (C=O) groups excluding carboxylic acids is 1. The van der Waals surface area contributed by atoms with Crippen molar-refractivity contribution in [1.29, 1.82) is 5.26 Å². The predicted octanol–water partition coefficient (Wildman–Crippen LogP) is 1.71. The first-order chi connectivity index (χ1) is 8.95. The number of hydrogen-bond acceptors (Lipinski definition) is 4. The lowest BCUT2D eigenvalue weighted by atomic mass is 9.86. The standard InChI is InChI=1S/C13H13N5O/c1-13(2)7-4-8-9(17-12(16-8)15-6-14)5-10(7)18(3)11(13)19/h4-5H,1-3H3,(H2,15,16,17). The SMILES string of the molecule is CN1C(=O)C(C)(C)c2cc3nc(NC#N)[nH]c3cc21. The first-order valence-corrected chi connectivity index (χ1v) is 5.92. The Bertz CT molecular complexity index is 737. The summed E-state index contributed by atoms with van der Waals surface area (Å²) in [6, 6.07) is 3.80. The van der Waals surface area contributed by atoms with Crippen LogP contribution in [-0.2, 0) is 10.2 Å². The Balaban J connectivity index is 2.24. The van der Waals surface area contributed by atoms with Gasteiger partial charge in [0.25, 0.3) is 0 Å². The molecule has 1 aliphatic heterocycles. The molecule has 0 bridgehead atoms. The van der Waals surface area contributed by atoms with E-state index < -0.39 is 5.41 Å². The molecule has 0 spiro atoms. The number of anilines is 2. The Morgan fingerprint density at radius 1 is 1.47 bits per heavy atom. The number of nitriles is 1. The molecule has 1 amide bonds. The average Bonchev–Trinajstić information content (AvgIpc) is 2.82. The first-order valence-electron chi connectivity index (χ1n) is 5.92. The Morgan fingerprint density at radius 3 is 2.89 bits per heavy atom. The number of H-pyrrole nitrogens is 1. The molecule has 2 N–H and O–H groups in total. The molecule has 0 unspecified atom stereocenters. The maximum Gasteiger partial charge on any atom is 0.236 e. The fourth-order valence-corrected chi connectivity index (χ4v) is 2.58. The number of nitrogens with one attached hydrogen (secondary N) is 2. The molecule has 0 radical (unpaired) electrons. The molecule has 6 nitrogen and oxygen atoms in total. The number of carbonyl (C=O) groups is 1. The minimum absolute atomic E-state index is 0.0746.